The van der Waals surface area contributed by atoms with Crippen LogP contribution in [0.3, 0.4) is 0 Å². The minimum absolute atomic E-state index is 0.136. The number of aromatic amines is 1. The summed E-state index contributed by atoms with van der Waals surface area (Å²) in [5.41, 5.74) is -2.19. The number of benzene rings is 1. The minimum atomic E-state index is -0.955. The highest BCUT2D eigenvalue weighted by molar-refractivity contribution is 6.30. The van der Waals surface area contributed by atoms with Crippen LogP contribution in [0.15, 0.2) is 34.8 Å². The molecule has 2 rings (SSSR count). The summed E-state index contributed by atoms with van der Waals surface area (Å²) in [6.45, 7) is -0.230. The molecule has 3 N–H and O–H groups in total. The van der Waals surface area contributed by atoms with Gasteiger partial charge in [-0.2, -0.15) is 5.26 Å². The summed E-state index contributed by atoms with van der Waals surface area (Å²) in [6, 6.07) is 4.71. The Morgan fingerprint density at radius 2 is 2.10 bits per heavy atom. The first kappa shape index (κ1) is 22.3. The molecule has 0 unspecified atom stereocenters. The van der Waals surface area contributed by atoms with E-state index >= 15 is 0 Å². The predicted molar refractivity (Wildman–Crippen MR) is 105 cm³/mol. The number of nitro benzene ring substituents is 1. The molecule has 0 aliphatic carbocycles. The number of hydrogen-bond acceptors (Lipinski definition) is 8. The summed E-state index contributed by atoms with van der Waals surface area (Å²) in [6.07, 6.45) is 1.27. The number of carbonyl (C=O) groups excluding carboxylic acids is 1. The topological polar surface area (TPSA) is 170 Å². The zero-order chi connectivity index (χ0) is 22.6. The van der Waals surface area contributed by atoms with E-state index in [0.29, 0.717) is 0 Å². The smallest absolute Gasteiger partial charge is 0.315 e. The lowest BCUT2D eigenvalue weighted by molar-refractivity contribution is -0.386. The molecule has 1 heterocycles. The van der Waals surface area contributed by atoms with Crippen molar-refractivity contribution in [1.82, 2.24) is 9.88 Å². The van der Waals surface area contributed by atoms with Gasteiger partial charge in [-0.25, -0.2) is 0 Å². The highest BCUT2D eigenvalue weighted by Gasteiger charge is 2.26. The van der Waals surface area contributed by atoms with Gasteiger partial charge in [0.15, 0.2) is 11.3 Å². The van der Waals surface area contributed by atoms with Crippen molar-refractivity contribution in [2.75, 3.05) is 14.2 Å². The number of hydrogen-bond donors (Lipinski definition) is 3. The summed E-state index contributed by atoms with van der Waals surface area (Å²) in [5, 5.41) is 41.0. The Labute approximate surface area is 174 Å². The van der Waals surface area contributed by atoms with Crippen LogP contribution in [0.1, 0.15) is 11.1 Å². The van der Waals surface area contributed by atoms with Crippen molar-refractivity contribution in [3.8, 4) is 17.6 Å². The standard InChI is InChI=1S/C18H15ClN4O7/c1-22(8-10-3-11(19)7-21-17(10)26)18(27)12(6-20)15(24)9-4-13(23(28)29)16(25)14(5-9)30-2/h3-5,7,24-25H,8H2,1-2H3,(H,21,26)/b15-12-. The van der Waals surface area contributed by atoms with Gasteiger partial charge in [0.25, 0.3) is 11.5 Å². The van der Waals surface area contributed by atoms with Crippen LogP contribution in [0.2, 0.25) is 5.02 Å². The lowest BCUT2D eigenvalue weighted by Gasteiger charge is -2.17. The van der Waals surface area contributed by atoms with Gasteiger partial charge in [0.2, 0.25) is 5.75 Å². The Hall–Kier alpha value is -4.04. The molecule has 0 atom stereocenters. The second kappa shape index (κ2) is 8.97. The van der Waals surface area contributed by atoms with E-state index < -0.39 is 39.2 Å². The fourth-order valence-electron chi connectivity index (χ4n) is 2.51. The molecule has 30 heavy (non-hydrogen) atoms. The van der Waals surface area contributed by atoms with Gasteiger partial charge < -0.3 is 24.8 Å². The molecule has 0 bridgehead atoms. The molecule has 2 aromatic rings. The van der Waals surface area contributed by atoms with Gasteiger partial charge in [-0.3, -0.25) is 19.7 Å². The number of nitrogens with one attached hydrogen (secondary N) is 1. The summed E-state index contributed by atoms with van der Waals surface area (Å²) >= 11 is 5.82. The van der Waals surface area contributed by atoms with Crippen molar-refractivity contribution in [3.63, 3.8) is 0 Å². The predicted octanol–water partition coefficient (Wildman–Crippen LogP) is 2.10. The maximum atomic E-state index is 12.7. The van der Waals surface area contributed by atoms with Crippen LogP contribution < -0.4 is 10.3 Å². The number of rotatable bonds is 6. The molecule has 156 valence electrons. The van der Waals surface area contributed by atoms with Crippen LogP contribution in [0.5, 0.6) is 11.5 Å². The fourth-order valence-corrected chi connectivity index (χ4v) is 2.69. The second-order valence-electron chi connectivity index (χ2n) is 5.97. The van der Waals surface area contributed by atoms with Crippen molar-refractivity contribution in [1.29, 1.82) is 5.26 Å². The Morgan fingerprint density at radius 3 is 2.67 bits per heavy atom. The van der Waals surface area contributed by atoms with E-state index in [9.17, 15) is 35.2 Å². The van der Waals surface area contributed by atoms with Crippen LogP contribution in [0, 0.1) is 21.4 Å². The fraction of sp³-hybridized carbons (Fsp3) is 0.167. The van der Waals surface area contributed by atoms with Crippen LogP contribution >= 0.6 is 11.6 Å². The van der Waals surface area contributed by atoms with Gasteiger partial charge in [0.1, 0.15) is 11.8 Å². The molecule has 1 aromatic heterocycles. The van der Waals surface area contributed by atoms with E-state index in [-0.39, 0.29) is 28.4 Å². The number of nitriles is 1. The van der Waals surface area contributed by atoms with Gasteiger partial charge >= 0.3 is 5.69 Å². The van der Waals surface area contributed by atoms with Crippen LogP contribution in [-0.4, -0.2) is 45.1 Å². The number of ether oxygens (including phenoxy) is 1. The summed E-state index contributed by atoms with van der Waals surface area (Å²) in [7, 11) is 2.42. The third-order valence-corrected chi connectivity index (χ3v) is 4.22. The Bertz CT molecular complexity index is 1150. The van der Waals surface area contributed by atoms with Crippen molar-refractivity contribution in [2.24, 2.45) is 0 Å². The van der Waals surface area contributed by atoms with Gasteiger partial charge in [-0.15, -0.1) is 0 Å². The number of phenols is 1. The number of amides is 1. The van der Waals surface area contributed by atoms with E-state index in [1.54, 1.807) is 6.07 Å². The summed E-state index contributed by atoms with van der Waals surface area (Å²) in [5.74, 6) is -2.93. The molecule has 0 radical (unpaired) electrons. The number of H-pyrrole nitrogens is 1. The largest absolute Gasteiger partial charge is 0.506 e. The maximum absolute atomic E-state index is 12.7. The Balaban J connectivity index is 2.48. The number of aromatic hydroxyl groups is 1. The molecule has 0 saturated heterocycles. The first-order valence-corrected chi connectivity index (χ1v) is 8.50. The summed E-state index contributed by atoms with van der Waals surface area (Å²) in [4.78, 5) is 38.1. The SMILES string of the molecule is COc1cc(/C(O)=C(\C#N)C(=O)N(C)Cc2cc(Cl)c[nH]c2=O)cc([N+](=O)[O-])c1O. The number of aliphatic hydroxyl groups excluding tert-OH is 1. The van der Waals surface area contributed by atoms with Gasteiger partial charge in [-0.1, -0.05) is 11.6 Å². The number of pyridine rings is 1. The Morgan fingerprint density at radius 1 is 1.43 bits per heavy atom. The van der Waals surface area contributed by atoms with Gasteiger partial charge in [-0.05, 0) is 12.1 Å². The number of carbonyl (C=O) groups is 1. The number of aromatic nitrogens is 1. The molecule has 0 aliphatic heterocycles. The molecular formula is C18H15ClN4O7. The zero-order valence-electron chi connectivity index (χ0n) is 15.7. The van der Waals surface area contributed by atoms with Crippen LogP contribution in [0.25, 0.3) is 5.76 Å². The maximum Gasteiger partial charge on any atom is 0.315 e. The van der Waals surface area contributed by atoms with Crippen LogP contribution in [0.4, 0.5) is 5.69 Å². The Kier molecular flexibility index (Phi) is 6.66. The molecule has 11 nitrogen and oxygen atoms in total. The van der Waals surface area contributed by atoms with Gasteiger partial charge in [0.05, 0.1) is 23.6 Å². The molecule has 12 heteroatoms. The highest BCUT2D eigenvalue weighted by atomic mass is 35.5. The zero-order valence-corrected chi connectivity index (χ0v) is 16.4. The normalized spacial score (nSPS) is 11.3. The van der Waals surface area contributed by atoms with E-state index in [0.717, 1.165) is 24.1 Å². The number of nitrogens with zero attached hydrogens (tertiary/aromatic N) is 3. The van der Waals surface area contributed by atoms with Crippen molar-refractivity contribution in [3.05, 3.63) is 66.6 Å². The average molecular weight is 435 g/mol. The van der Waals surface area contributed by atoms with Crippen molar-refractivity contribution in [2.45, 2.75) is 6.54 Å². The lowest BCUT2D eigenvalue weighted by atomic mass is 10.1. The molecule has 1 aromatic carbocycles. The first-order chi connectivity index (χ1) is 14.1. The minimum Gasteiger partial charge on any atom is -0.506 e. The summed E-state index contributed by atoms with van der Waals surface area (Å²) < 4.78 is 4.83. The third kappa shape index (κ3) is 4.50. The van der Waals surface area contributed by atoms with E-state index in [2.05, 4.69) is 4.98 Å². The number of aliphatic hydroxyl groups is 1. The van der Waals surface area contributed by atoms with Crippen molar-refractivity contribution < 1.29 is 24.7 Å². The average Bonchev–Trinajstić information content (AvgIpc) is 2.70. The first-order valence-electron chi connectivity index (χ1n) is 8.12. The van der Waals surface area contributed by atoms with Crippen molar-refractivity contribution >= 4 is 29.0 Å². The quantitative estimate of drug-likeness (QED) is 0.204. The number of likely N-dealkylation sites (N-methyl/N-ethyl adjacent to an activating group) is 1. The molecule has 0 aliphatic rings. The van der Waals surface area contributed by atoms with E-state index in [1.807, 2.05) is 0 Å². The highest BCUT2D eigenvalue weighted by Crippen LogP contribution is 2.38. The number of phenolic OH excluding ortho intramolecular Hbond substituents is 1. The lowest BCUT2D eigenvalue weighted by Crippen LogP contribution is -2.30. The van der Waals surface area contributed by atoms with E-state index in [4.69, 9.17) is 16.3 Å². The van der Waals surface area contributed by atoms with E-state index in [1.165, 1.54) is 19.3 Å². The van der Waals surface area contributed by atoms with Gasteiger partial charge in [0, 0.05) is 30.4 Å². The molecule has 1 amide bonds. The number of halogens is 1. The number of methoxy groups -OCH3 is 1. The molecule has 0 saturated carbocycles. The molecule has 0 spiro atoms. The number of nitro groups is 1. The monoisotopic (exact) mass is 434 g/mol. The molecule has 0 fully saturated rings. The van der Waals surface area contributed by atoms with Crippen LogP contribution in [-0.2, 0) is 11.3 Å². The molecular weight excluding hydrogens is 420 g/mol. The third-order valence-electron chi connectivity index (χ3n) is 4.01. The second-order valence-corrected chi connectivity index (χ2v) is 6.41.